The van der Waals surface area contributed by atoms with Crippen molar-refractivity contribution < 1.29 is 9.26 Å². The maximum Gasteiger partial charge on any atom is 0.324 e. The molecule has 140 valence electrons. The molecule has 1 aliphatic heterocycles. The molecular weight excluding hydrogens is 344 g/mol. The first-order valence-electron chi connectivity index (χ1n) is 9.48. The van der Waals surface area contributed by atoms with E-state index >= 15 is 0 Å². The third-order valence-corrected chi connectivity index (χ3v) is 5.35. The quantitative estimate of drug-likeness (QED) is 0.697. The second-order valence-electron chi connectivity index (χ2n) is 7.15. The first-order chi connectivity index (χ1) is 13.3. The van der Waals surface area contributed by atoms with E-state index < -0.39 is 0 Å². The topological polar surface area (TPSA) is 80.4 Å². The summed E-state index contributed by atoms with van der Waals surface area (Å²) in [4.78, 5) is 17.6. The fourth-order valence-corrected chi connectivity index (χ4v) is 3.53. The number of nitrogens with zero attached hydrogens (tertiary/aromatic N) is 6. The minimum Gasteiger partial charge on any atom is -0.474 e. The SMILES string of the molecule is Cc1noc(N2CCN(c3ccc4ncnc(OC5CCC5)c4c3)CC2)n1. The minimum atomic E-state index is 0.299. The molecule has 0 amide bonds. The molecule has 5 rings (SSSR count). The lowest BCUT2D eigenvalue weighted by molar-refractivity contribution is 0.116. The van der Waals surface area contributed by atoms with E-state index in [0.29, 0.717) is 23.8 Å². The van der Waals surface area contributed by atoms with Crippen LogP contribution in [-0.2, 0) is 0 Å². The molecule has 2 fully saturated rings. The fourth-order valence-electron chi connectivity index (χ4n) is 3.53. The van der Waals surface area contributed by atoms with Crippen LogP contribution in [0.15, 0.2) is 29.0 Å². The summed E-state index contributed by atoms with van der Waals surface area (Å²) in [6.07, 6.45) is 5.35. The molecule has 1 aromatic carbocycles. The van der Waals surface area contributed by atoms with E-state index in [1.165, 1.54) is 6.42 Å². The molecule has 0 bridgehead atoms. The highest BCUT2D eigenvalue weighted by Gasteiger charge is 2.23. The van der Waals surface area contributed by atoms with Gasteiger partial charge in [0.25, 0.3) is 0 Å². The number of hydrogen-bond donors (Lipinski definition) is 0. The zero-order valence-corrected chi connectivity index (χ0v) is 15.3. The molecule has 1 saturated heterocycles. The van der Waals surface area contributed by atoms with E-state index in [2.05, 4.69) is 42.0 Å². The van der Waals surface area contributed by atoms with Crippen LogP contribution in [0.3, 0.4) is 0 Å². The second kappa shape index (κ2) is 6.68. The summed E-state index contributed by atoms with van der Waals surface area (Å²) < 4.78 is 11.4. The normalized spacial score (nSPS) is 18.0. The van der Waals surface area contributed by atoms with Gasteiger partial charge in [-0.3, -0.25) is 0 Å². The number of aryl methyl sites for hydroxylation is 1. The fraction of sp³-hybridized carbons (Fsp3) is 0.474. The Bertz CT molecular complexity index is 946. The number of hydrogen-bond acceptors (Lipinski definition) is 8. The number of rotatable bonds is 4. The maximum absolute atomic E-state index is 6.08. The summed E-state index contributed by atoms with van der Waals surface area (Å²) in [6, 6.07) is 6.92. The Hall–Kier alpha value is -2.90. The molecule has 0 radical (unpaired) electrons. The van der Waals surface area contributed by atoms with Gasteiger partial charge in [-0.15, -0.1) is 0 Å². The van der Waals surface area contributed by atoms with Gasteiger partial charge in [0.1, 0.15) is 12.4 Å². The van der Waals surface area contributed by atoms with E-state index in [4.69, 9.17) is 9.26 Å². The Morgan fingerprint density at radius 1 is 1.07 bits per heavy atom. The molecule has 3 aromatic rings. The Morgan fingerprint density at radius 3 is 2.59 bits per heavy atom. The van der Waals surface area contributed by atoms with Gasteiger partial charge in [-0.2, -0.15) is 4.98 Å². The molecule has 8 heteroatoms. The van der Waals surface area contributed by atoms with Gasteiger partial charge in [0.2, 0.25) is 5.88 Å². The van der Waals surface area contributed by atoms with Crippen molar-refractivity contribution in [1.29, 1.82) is 0 Å². The molecule has 0 atom stereocenters. The van der Waals surface area contributed by atoms with Gasteiger partial charge >= 0.3 is 6.01 Å². The van der Waals surface area contributed by atoms with Crippen LogP contribution in [0.4, 0.5) is 11.7 Å². The van der Waals surface area contributed by atoms with Crippen molar-refractivity contribution in [3.05, 3.63) is 30.4 Å². The summed E-state index contributed by atoms with van der Waals surface area (Å²) in [6.45, 7) is 5.30. The summed E-state index contributed by atoms with van der Waals surface area (Å²) >= 11 is 0. The average molecular weight is 366 g/mol. The van der Waals surface area contributed by atoms with Crippen molar-refractivity contribution in [1.82, 2.24) is 20.1 Å². The highest BCUT2D eigenvalue weighted by Crippen LogP contribution is 2.31. The van der Waals surface area contributed by atoms with Gasteiger partial charge in [0.05, 0.1) is 10.9 Å². The lowest BCUT2D eigenvalue weighted by Gasteiger charge is -2.35. The van der Waals surface area contributed by atoms with Gasteiger partial charge in [-0.05, 0) is 44.4 Å². The number of aromatic nitrogens is 4. The van der Waals surface area contributed by atoms with Crippen LogP contribution in [0.5, 0.6) is 5.88 Å². The molecule has 0 unspecified atom stereocenters. The number of anilines is 2. The first kappa shape index (κ1) is 16.3. The second-order valence-corrected chi connectivity index (χ2v) is 7.15. The molecule has 1 aliphatic carbocycles. The van der Waals surface area contributed by atoms with Crippen LogP contribution >= 0.6 is 0 Å². The first-order valence-corrected chi connectivity index (χ1v) is 9.48. The summed E-state index contributed by atoms with van der Waals surface area (Å²) in [7, 11) is 0. The molecule has 8 nitrogen and oxygen atoms in total. The Labute approximate surface area is 157 Å². The van der Waals surface area contributed by atoms with Crippen LogP contribution in [0, 0.1) is 6.92 Å². The van der Waals surface area contributed by atoms with Crippen molar-refractivity contribution >= 4 is 22.6 Å². The Morgan fingerprint density at radius 2 is 1.89 bits per heavy atom. The van der Waals surface area contributed by atoms with Crippen molar-refractivity contribution in [3.8, 4) is 5.88 Å². The molecule has 2 aromatic heterocycles. The van der Waals surface area contributed by atoms with Crippen LogP contribution in [0.25, 0.3) is 10.9 Å². The van der Waals surface area contributed by atoms with Crippen LogP contribution in [0.1, 0.15) is 25.1 Å². The Balaban J connectivity index is 1.35. The smallest absolute Gasteiger partial charge is 0.324 e. The molecule has 3 heterocycles. The number of fused-ring (bicyclic) bond motifs is 1. The van der Waals surface area contributed by atoms with Gasteiger partial charge in [-0.25, -0.2) is 9.97 Å². The van der Waals surface area contributed by atoms with Crippen molar-refractivity contribution in [2.75, 3.05) is 36.0 Å². The molecular formula is C19H22N6O2. The number of ether oxygens (including phenoxy) is 1. The van der Waals surface area contributed by atoms with Crippen molar-refractivity contribution in [3.63, 3.8) is 0 Å². The van der Waals surface area contributed by atoms with Gasteiger partial charge < -0.3 is 19.1 Å². The molecule has 0 N–H and O–H groups in total. The molecule has 27 heavy (non-hydrogen) atoms. The molecule has 0 spiro atoms. The third kappa shape index (κ3) is 3.15. The van der Waals surface area contributed by atoms with E-state index in [1.54, 1.807) is 6.33 Å². The highest BCUT2D eigenvalue weighted by atomic mass is 16.5. The number of piperazine rings is 1. The maximum atomic E-state index is 6.08. The van der Waals surface area contributed by atoms with Crippen molar-refractivity contribution in [2.24, 2.45) is 0 Å². The lowest BCUT2D eigenvalue weighted by atomic mass is 9.96. The van der Waals surface area contributed by atoms with Gasteiger partial charge in [0, 0.05) is 31.9 Å². The predicted molar refractivity (Wildman–Crippen MR) is 101 cm³/mol. The van der Waals surface area contributed by atoms with E-state index in [1.807, 2.05) is 13.0 Å². The highest BCUT2D eigenvalue weighted by molar-refractivity contribution is 5.86. The predicted octanol–water partition coefficient (Wildman–Crippen LogP) is 2.58. The minimum absolute atomic E-state index is 0.299. The van der Waals surface area contributed by atoms with E-state index in [9.17, 15) is 0 Å². The lowest BCUT2D eigenvalue weighted by Crippen LogP contribution is -2.46. The monoisotopic (exact) mass is 366 g/mol. The van der Waals surface area contributed by atoms with E-state index in [0.717, 1.165) is 55.6 Å². The summed E-state index contributed by atoms with van der Waals surface area (Å²) in [5.41, 5.74) is 2.08. The summed E-state index contributed by atoms with van der Waals surface area (Å²) in [5.74, 6) is 1.37. The van der Waals surface area contributed by atoms with Crippen LogP contribution in [0.2, 0.25) is 0 Å². The van der Waals surface area contributed by atoms with E-state index in [-0.39, 0.29) is 0 Å². The molecule has 1 saturated carbocycles. The van der Waals surface area contributed by atoms with Gasteiger partial charge in [-0.1, -0.05) is 5.16 Å². The molecule has 2 aliphatic rings. The van der Waals surface area contributed by atoms with Crippen LogP contribution in [-0.4, -0.2) is 52.4 Å². The zero-order valence-electron chi connectivity index (χ0n) is 15.3. The van der Waals surface area contributed by atoms with Gasteiger partial charge in [0.15, 0.2) is 5.82 Å². The summed E-state index contributed by atoms with van der Waals surface area (Å²) in [5, 5.41) is 4.86. The van der Waals surface area contributed by atoms with Crippen molar-refractivity contribution in [2.45, 2.75) is 32.3 Å². The Kier molecular flexibility index (Phi) is 4.03. The third-order valence-electron chi connectivity index (χ3n) is 5.35. The van der Waals surface area contributed by atoms with Crippen LogP contribution < -0.4 is 14.5 Å². The largest absolute Gasteiger partial charge is 0.474 e. The standard InChI is InChI=1S/C19H22N6O2/c1-13-22-19(27-23-13)25-9-7-24(8-10-25)14-5-6-17-16(11-14)18(21-12-20-17)26-15-3-2-4-15/h5-6,11-12,15H,2-4,7-10H2,1H3. The average Bonchev–Trinajstić information content (AvgIpc) is 3.11. The number of benzene rings is 1. The zero-order chi connectivity index (χ0) is 18.2.